The number of benzene rings is 1. The van der Waals surface area contributed by atoms with Crippen LogP contribution in [0.3, 0.4) is 0 Å². The van der Waals surface area contributed by atoms with E-state index in [1.54, 1.807) is 18.3 Å². The Labute approximate surface area is 136 Å². The van der Waals surface area contributed by atoms with E-state index in [1.807, 2.05) is 30.6 Å². The van der Waals surface area contributed by atoms with Gasteiger partial charge < -0.3 is 5.32 Å². The third kappa shape index (κ3) is 3.18. The molecule has 6 heteroatoms. The summed E-state index contributed by atoms with van der Waals surface area (Å²) in [7, 11) is 0. The predicted octanol–water partition coefficient (Wildman–Crippen LogP) is 5.56. The number of aromatic nitrogens is 2. The second-order valence-electron chi connectivity index (χ2n) is 4.48. The van der Waals surface area contributed by atoms with E-state index in [9.17, 15) is 0 Å². The monoisotopic (exact) mass is 335 g/mol. The maximum atomic E-state index is 6.15. The fourth-order valence-corrected chi connectivity index (χ4v) is 3.07. The molecule has 3 rings (SSSR count). The normalized spacial score (nSPS) is 10.6. The molecule has 0 aliphatic heterocycles. The van der Waals surface area contributed by atoms with Crippen molar-refractivity contribution < 1.29 is 0 Å². The van der Waals surface area contributed by atoms with Crippen molar-refractivity contribution in [2.24, 2.45) is 0 Å². The number of aryl methyl sites for hydroxylation is 1. The van der Waals surface area contributed by atoms with Gasteiger partial charge in [-0.15, -0.1) is 11.3 Å². The third-order valence-corrected chi connectivity index (χ3v) is 4.30. The summed E-state index contributed by atoms with van der Waals surface area (Å²) in [6, 6.07) is 7.29. The summed E-state index contributed by atoms with van der Waals surface area (Å²) in [4.78, 5) is 8.72. The molecule has 0 amide bonds. The van der Waals surface area contributed by atoms with Crippen molar-refractivity contribution in [3.8, 4) is 11.3 Å². The molecular weight excluding hydrogens is 325 g/mol. The lowest BCUT2D eigenvalue weighted by Gasteiger charge is -2.05. The van der Waals surface area contributed by atoms with E-state index in [2.05, 4.69) is 15.3 Å². The highest BCUT2D eigenvalue weighted by Crippen LogP contribution is 2.32. The van der Waals surface area contributed by atoms with Gasteiger partial charge in [-0.3, -0.25) is 4.98 Å². The highest BCUT2D eigenvalue weighted by atomic mass is 35.5. The first kappa shape index (κ1) is 14.3. The lowest BCUT2D eigenvalue weighted by molar-refractivity contribution is 1.26. The number of thiazole rings is 1. The van der Waals surface area contributed by atoms with Crippen molar-refractivity contribution in [2.75, 3.05) is 5.32 Å². The summed E-state index contributed by atoms with van der Waals surface area (Å²) in [6.07, 6.45) is 3.60. The van der Waals surface area contributed by atoms with Crippen LogP contribution in [0, 0.1) is 6.92 Å². The minimum Gasteiger partial charge on any atom is -0.330 e. The largest absolute Gasteiger partial charge is 0.330 e. The summed E-state index contributed by atoms with van der Waals surface area (Å²) in [5.41, 5.74) is 3.86. The van der Waals surface area contributed by atoms with Gasteiger partial charge in [-0.25, -0.2) is 4.98 Å². The van der Waals surface area contributed by atoms with Gasteiger partial charge in [0, 0.05) is 28.4 Å². The third-order valence-electron chi connectivity index (χ3n) is 2.99. The Bertz CT molecular complexity index is 786. The summed E-state index contributed by atoms with van der Waals surface area (Å²) in [5, 5.41) is 7.15. The lowest BCUT2D eigenvalue weighted by atomic mass is 10.1. The SMILES string of the molecule is Cc1ccncc1-c1csc(Nc2ccc(Cl)cc2Cl)n1. The second-order valence-corrected chi connectivity index (χ2v) is 6.18. The molecule has 2 heterocycles. The molecule has 0 spiro atoms. The first-order valence-electron chi connectivity index (χ1n) is 6.22. The van der Waals surface area contributed by atoms with Crippen LogP contribution in [-0.2, 0) is 0 Å². The van der Waals surface area contributed by atoms with Gasteiger partial charge in [0.15, 0.2) is 5.13 Å². The minimum absolute atomic E-state index is 0.566. The van der Waals surface area contributed by atoms with Gasteiger partial charge in [-0.1, -0.05) is 23.2 Å². The van der Waals surface area contributed by atoms with Crippen LogP contribution in [0.1, 0.15) is 5.56 Å². The van der Waals surface area contributed by atoms with Gasteiger partial charge >= 0.3 is 0 Å². The number of halogens is 2. The first-order chi connectivity index (χ1) is 10.1. The number of hydrogen-bond acceptors (Lipinski definition) is 4. The quantitative estimate of drug-likeness (QED) is 0.680. The van der Waals surface area contributed by atoms with Gasteiger partial charge in [0.05, 0.1) is 16.4 Å². The van der Waals surface area contributed by atoms with E-state index in [1.165, 1.54) is 11.3 Å². The topological polar surface area (TPSA) is 37.8 Å². The van der Waals surface area contributed by atoms with Crippen molar-refractivity contribution in [1.29, 1.82) is 0 Å². The van der Waals surface area contributed by atoms with E-state index in [0.29, 0.717) is 10.0 Å². The van der Waals surface area contributed by atoms with Gasteiger partial charge in [0.25, 0.3) is 0 Å². The summed E-state index contributed by atoms with van der Waals surface area (Å²) >= 11 is 13.6. The van der Waals surface area contributed by atoms with Crippen molar-refractivity contribution in [2.45, 2.75) is 6.92 Å². The van der Waals surface area contributed by atoms with Gasteiger partial charge in [0.1, 0.15) is 0 Å². The standard InChI is InChI=1S/C15H11Cl2N3S/c1-9-4-5-18-7-11(9)14-8-21-15(20-14)19-13-3-2-10(16)6-12(13)17/h2-8H,1H3,(H,19,20). The average molecular weight is 336 g/mol. The number of nitrogens with zero attached hydrogens (tertiary/aromatic N) is 2. The molecule has 0 atom stereocenters. The summed E-state index contributed by atoms with van der Waals surface area (Å²) < 4.78 is 0. The number of nitrogens with one attached hydrogen (secondary N) is 1. The molecule has 0 aliphatic rings. The molecular formula is C15H11Cl2N3S. The molecule has 3 nitrogen and oxygen atoms in total. The lowest BCUT2D eigenvalue weighted by Crippen LogP contribution is -1.91. The molecule has 0 fully saturated rings. The maximum Gasteiger partial charge on any atom is 0.187 e. The van der Waals surface area contributed by atoms with Crippen LogP contribution in [0.25, 0.3) is 11.3 Å². The van der Waals surface area contributed by atoms with Crippen molar-refractivity contribution >= 4 is 45.4 Å². The Balaban J connectivity index is 1.87. The van der Waals surface area contributed by atoms with Crippen LogP contribution in [0.5, 0.6) is 0 Å². The van der Waals surface area contributed by atoms with Gasteiger partial charge in [0.2, 0.25) is 0 Å². The molecule has 3 aromatic rings. The van der Waals surface area contributed by atoms with Crippen molar-refractivity contribution in [3.63, 3.8) is 0 Å². The number of anilines is 2. The van der Waals surface area contributed by atoms with E-state index in [0.717, 1.165) is 27.6 Å². The molecule has 0 saturated carbocycles. The predicted molar refractivity (Wildman–Crippen MR) is 89.8 cm³/mol. The minimum atomic E-state index is 0.566. The number of rotatable bonds is 3. The van der Waals surface area contributed by atoms with Crippen LogP contribution >= 0.6 is 34.5 Å². The fourth-order valence-electron chi connectivity index (χ4n) is 1.89. The second kappa shape index (κ2) is 6.02. The Morgan fingerprint density at radius 2 is 2.05 bits per heavy atom. The zero-order valence-electron chi connectivity index (χ0n) is 11.1. The van der Waals surface area contributed by atoms with E-state index in [-0.39, 0.29) is 0 Å². The molecule has 21 heavy (non-hydrogen) atoms. The smallest absolute Gasteiger partial charge is 0.187 e. The van der Waals surface area contributed by atoms with Crippen LogP contribution in [0.4, 0.5) is 10.8 Å². The summed E-state index contributed by atoms with van der Waals surface area (Å²) in [6.45, 7) is 2.04. The Hall–Kier alpha value is -1.62. The highest BCUT2D eigenvalue weighted by Gasteiger charge is 2.09. The fraction of sp³-hybridized carbons (Fsp3) is 0.0667. The maximum absolute atomic E-state index is 6.15. The van der Waals surface area contributed by atoms with E-state index >= 15 is 0 Å². The summed E-state index contributed by atoms with van der Waals surface area (Å²) in [5.74, 6) is 0. The first-order valence-corrected chi connectivity index (χ1v) is 7.85. The van der Waals surface area contributed by atoms with E-state index < -0.39 is 0 Å². The van der Waals surface area contributed by atoms with Crippen LogP contribution in [0.15, 0.2) is 42.0 Å². The highest BCUT2D eigenvalue weighted by molar-refractivity contribution is 7.14. The van der Waals surface area contributed by atoms with Crippen LogP contribution in [0.2, 0.25) is 10.0 Å². The average Bonchev–Trinajstić information content (AvgIpc) is 2.91. The van der Waals surface area contributed by atoms with Crippen molar-refractivity contribution in [1.82, 2.24) is 9.97 Å². The molecule has 1 aromatic carbocycles. The molecule has 0 unspecified atom stereocenters. The Morgan fingerprint density at radius 3 is 2.81 bits per heavy atom. The zero-order chi connectivity index (χ0) is 14.8. The number of hydrogen-bond donors (Lipinski definition) is 1. The van der Waals surface area contributed by atoms with E-state index in [4.69, 9.17) is 23.2 Å². The molecule has 0 aliphatic carbocycles. The molecule has 0 radical (unpaired) electrons. The molecule has 0 bridgehead atoms. The van der Waals surface area contributed by atoms with Crippen LogP contribution in [-0.4, -0.2) is 9.97 Å². The van der Waals surface area contributed by atoms with Crippen molar-refractivity contribution in [3.05, 3.63) is 57.6 Å². The molecule has 1 N–H and O–H groups in total. The zero-order valence-corrected chi connectivity index (χ0v) is 13.4. The number of pyridine rings is 1. The Morgan fingerprint density at radius 1 is 1.19 bits per heavy atom. The molecule has 2 aromatic heterocycles. The van der Waals surface area contributed by atoms with Crippen LogP contribution < -0.4 is 5.32 Å². The van der Waals surface area contributed by atoms with Gasteiger partial charge in [-0.05, 0) is 36.8 Å². The van der Waals surface area contributed by atoms with Gasteiger partial charge in [-0.2, -0.15) is 0 Å². The molecule has 106 valence electrons. The Kier molecular flexibility index (Phi) is 4.10. The molecule has 0 saturated heterocycles.